The van der Waals surface area contributed by atoms with E-state index in [2.05, 4.69) is 14.8 Å². The number of para-hydroxylation sites is 1. The maximum absolute atomic E-state index is 12.7. The number of piperazine rings is 1. The molecule has 0 saturated carbocycles. The molecule has 138 valence electrons. The zero-order chi connectivity index (χ0) is 18.8. The quantitative estimate of drug-likeness (QED) is 0.815. The van der Waals surface area contributed by atoms with E-state index in [1.165, 1.54) is 6.92 Å². The van der Waals surface area contributed by atoms with Crippen LogP contribution in [0.2, 0.25) is 5.02 Å². The molecule has 3 rings (SSSR count). The van der Waals surface area contributed by atoms with E-state index < -0.39 is 0 Å². The summed E-state index contributed by atoms with van der Waals surface area (Å²) >= 11 is 6.28. The minimum absolute atomic E-state index is 0.0105. The summed E-state index contributed by atoms with van der Waals surface area (Å²) in [6.45, 7) is 8.83. The molecule has 1 aliphatic heterocycles. The zero-order valence-corrected chi connectivity index (χ0v) is 16.2. The number of benzene rings is 1. The summed E-state index contributed by atoms with van der Waals surface area (Å²) in [5.41, 5.74) is 3.76. The van der Waals surface area contributed by atoms with Gasteiger partial charge in [0.25, 0.3) is 0 Å². The van der Waals surface area contributed by atoms with Crippen LogP contribution in [0.1, 0.15) is 39.0 Å². The molecule has 1 aromatic heterocycles. The predicted octanol–water partition coefficient (Wildman–Crippen LogP) is 3.49. The third-order valence-corrected chi connectivity index (χ3v) is 5.32. The molecular formula is C20H24ClN3O2. The Kier molecular flexibility index (Phi) is 5.49. The number of hydrogen-bond donors (Lipinski definition) is 1. The van der Waals surface area contributed by atoms with Crippen molar-refractivity contribution in [3.05, 3.63) is 51.8 Å². The molecule has 1 aromatic carbocycles. The molecule has 1 aliphatic rings. The molecule has 1 saturated heterocycles. The molecule has 1 fully saturated rings. The van der Waals surface area contributed by atoms with Crippen molar-refractivity contribution in [2.24, 2.45) is 0 Å². The first-order valence-corrected chi connectivity index (χ1v) is 9.21. The Morgan fingerprint density at radius 2 is 1.77 bits per heavy atom. The lowest BCUT2D eigenvalue weighted by molar-refractivity contribution is 0.0921. The fraction of sp³-hybridized carbons (Fsp3) is 0.400. The summed E-state index contributed by atoms with van der Waals surface area (Å²) in [6.07, 6.45) is 0. The van der Waals surface area contributed by atoms with E-state index in [0.717, 1.165) is 48.1 Å². The standard InChI is InChI=1S/C20H24ClN3O2/c1-13-19(15(3)25)14(2)22-20(13)18(26)12-23-8-10-24(11-9-23)17-7-5-4-6-16(17)21/h4-7,22H,8-12H2,1-3H3. The number of carbonyl (C=O) groups excluding carboxylic acids is 2. The highest BCUT2D eigenvalue weighted by Crippen LogP contribution is 2.26. The summed E-state index contributed by atoms with van der Waals surface area (Å²) in [5.74, 6) is 0.0212. The van der Waals surface area contributed by atoms with Gasteiger partial charge < -0.3 is 9.88 Å². The Morgan fingerprint density at radius 1 is 1.12 bits per heavy atom. The summed E-state index contributed by atoms with van der Waals surface area (Å²) in [6, 6.07) is 7.84. The van der Waals surface area contributed by atoms with Crippen molar-refractivity contribution in [2.45, 2.75) is 20.8 Å². The van der Waals surface area contributed by atoms with Gasteiger partial charge in [0.2, 0.25) is 0 Å². The summed E-state index contributed by atoms with van der Waals surface area (Å²) in [4.78, 5) is 32.0. The van der Waals surface area contributed by atoms with E-state index in [0.29, 0.717) is 17.8 Å². The molecule has 5 nitrogen and oxygen atoms in total. The molecule has 0 amide bonds. The maximum atomic E-state index is 12.7. The van der Waals surface area contributed by atoms with Gasteiger partial charge in [-0.15, -0.1) is 0 Å². The molecule has 26 heavy (non-hydrogen) atoms. The number of nitrogens with zero attached hydrogens (tertiary/aromatic N) is 2. The number of aromatic nitrogens is 1. The molecule has 0 unspecified atom stereocenters. The third-order valence-electron chi connectivity index (χ3n) is 5.00. The van der Waals surface area contributed by atoms with Gasteiger partial charge >= 0.3 is 0 Å². The monoisotopic (exact) mass is 373 g/mol. The fourth-order valence-corrected chi connectivity index (χ4v) is 3.95. The summed E-state index contributed by atoms with van der Waals surface area (Å²) in [5, 5.41) is 0.756. The number of hydrogen-bond acceptors (Lipinski definition) is 4. The van der Waals surface area contributed by atoms with E-state index in [1.807, 2.05) is 38.1 Å². The average Bonchev–Trinajstić information content (AvgIpc) is 2.91. The van der Waals surface area contributed by atoms with Gasteiger partial charge in [-0.1, -0.05) is 23.7 Å². The van der Waals surface area contributed by atoms with Crippen molar-refractivity contribution < 1.29 is 9.59 Å². The van der Waals surface area contributed by atoms with E-state index in [9.17, 15) is 9.59 Å². The van der Waals surface area contributed by atoms with E-state index in [-0.39, 0.29) is 11.6 Å². The number of aryl methyl sites for hydroxylation is 1. The van der Waals surface area contributed by atoms with Gasteiger partial charge in [0.05, 0.1) is 22.9 Å². The van der Waals surface area contributed by atoms with Crippen LogP contribution in [-0.2, 0) is 0 Å². The van der Waals surface area contributed by atoms with Gasteiger partial charge in [-0.2, -0.15) is 0 Å². The second kappa shape index (κ2) is 7.64. The highest BCUT2D eigenvalue weighted by atomic mass is 35.5. The topological polar surface area (TPSA) is 56.4 Å². The normalized spacial score (nSPS) is 15.3. The number of halogens is 1. The first kappa shape index (κ1) is 18.7. The maximum Gasteiger partial charge on any atom is 0.193 e. The number of Topliss-reactive ketones (excluding diaryl/α,β-unsaturated/α-hetero) is 2. The number of ketones is 2. The van der Waals surface area contributed by atoms with E-state index in [4.69, 9.17) is 11.6 Å². The molecule has 2 aromatic rings. The molecule has 2 heterocycles. The Labute approximate surface area is 158 Å². The Balaban J connectivity index is 1.63. The number of anilines is 1. The van der Waals surface area contributed by atoms with Crippen LogP contribution in [0.5, 0.6) is 0 Å². The van der Waals surface area contributed by atoms with E-state index in [1.54, 1.807) is 0 Å². The van der Waals surface area contributed by atoms with Gasteiger partial charge in [-0.25, -0.2) is 0 Å². The van der Waals surface area contributed by atoms with Crippen LogP contribution in [0.4, 0.5) is 5.69 Å². The first-order valence-electron chi connectivity index (χ1n) is 8.83. The average molecular weight is 374 g/mol. The molecule has 6 heteroatoms. The predicted molar refractivity (Wildman–Crippen MR) is 105 cm³/mol. The number of carbonyl (C=O) groups is 2. The molecule has 0 bridgehead atoms. The number of H-pyrrole nitrogens is 1. The van der Waals surface area contributed by atoms with Gasteiger partial charge in [0, 0.05) is 37.4 Å². The lowest BCUT2D eigenvalue weighted by Crippen LogP contribution is -2.48. The van der Waals surface area contributed by atoms with Gasteiger partial charge in [-0.05, 0) is 38.5 Å². The van der Waals surface area contributed by atoms with Gasteiger partial charge in [0.1, 0.15) is 0 Å². The Morgan fingerprint density at radius 3 is 2.35 bits per heavy atom. The van der Waals surface area contributed by atoms with Crippen molar-refractivity contribution >= 4 is 28.9 Å². The van der Waals surface area contributed by atoms with Crippen LogP contribution in [0.15, 0.2) is 24.3 Å². The van der Waals surface area contributed by atoms with Crippen molar-refractivity contribution in [1.82, 2.24) is 9.88 Å². The molecule has 0 spiro atoms. The van der Waals surface area contributed by atoms with Crippen molar-refractivity contribution in [3.8, 4) is 0 Å². The van der Waals surface area contributed by atoms with Crippen LogP contribution >= 0.6 is 11.6 Å². The second-order valence-corrected chi connectivity index (χ2v) is 7.23. The van der Waals surface area contributed by atoms with Crippen molar-refractivity contribution in [2.75, 3.05) is 37.6 Å². The number of aromatic amines is 1. The minimum Gasteiger partial charge on any atom is -0.368 e. The Hall–Kier alpha value is -2.11. The SMILES string of the molecule is CC(=O)c1c(C)[nH]c(C(=O)CN2CCN(c3ccccc3Cl)CC2)c1C. The smallest absolute Gasteiger partial charge is 0.193 e. The lowest BCUT2D eigenvalue weighted by atomic mass is 10.1. The largest absolute Gasteiger partial charge is 0.368 e. The van der Waals surface area contributed by atoms with Crippen molar-refractivity contribution in [3.63, 3.8) is 0 Å². The highest BCUT2D eigenvalue weighted by Gasteiger charge is 2.24. The van der Waals surface area contributed by atoms with Crippen LogP contribution in [0.3, 0.4) is 0 Å². The van der Waals surface area contributed by atoms with Gasteiger partial charge in [0.15, 0.2) is 11.6 Å². The van der Waals surface area contributed by atoms with Gasteiger partial charge in [-0.3, -0.25) is 14.5 Å². The number of rotatable bonds is 5. The molecule has 0 atom stereocenters. The summed E-state index contributed by atoms with van der Waals surface area (Å²) in [7, 11) is 0. The molecular weight excluding hydrogens is 350 g/mol. The second-order valence-electron chi connectivity index (χ2n) is 6.82. The van der Waals surface area contributed by atoms with Crippen LogP contribution in [0, 0.1) is 13.8 Å². The van der Waals surface area contributed by atoms with Crippen molar-refractivity contribution in [1.29, 1.82) is 0 Å². The van der Waals surface area contributed by atoms with E-state index >= 15 is 0 Å². The first-order chi connectivity index (χ1) is 12.4. The lowest BCUT2D eigenvalue weighted by Gasteiger charge is -2.36. The molecule has 1 N–H and O–H groups in total. The minimum atomic E-state index is -0.0105. The van der Waals surface area contributed by atoms with Crippen LogP contribution < -0.4 is 4.90 Å². The zero-order valence-electron chi connectivity index (χ0n) is 15.4. The Bertz CT molecular complexity index is 836. The highest BCUT2D eigenvalue weighted by molar-refractivity contribution is 6.33. The van der Waals surface area contributed by atoms with Crippen LogP contribution in [0.25, 0.3) is 0 Å². The molecule has 0 radical (unpaired) electrons. The fourth-order valence-electron chi connectivity index (χ4n) is 3.69. The third kappa shape index (κ3) is 3.69. The van der Waals surface area contributed by atoms with Crippen LogP contribution in [-0.4, -0.2) is 54.2 Å². The summed E-state index contributed by atoms with van der Waals surface area (Å²) < 4.78 is 0. The molecule has 0 aliphatic carbocycles. The number of nitrogens with one attached hydrogen (secondary N) is 1.